The number of nitrogens with one attached hydrogen (secondary N) is 1. The summed E-state index contributed by atoms with van der Waals surface area (Å²) in [5, 5.41) is 3.50. The Balaban J connectivity index is 1.82. The van der Waals surface area contributed by atoms with Gasteiger partial charge in [0, 0.05) is 52.5 Å². The maximum atomic E-state index is 6.08. The quantitative estimate of drug-likeness (QED) is 0.453. The molecule has 6 nitrogen and oxygen atoms in total. The number of benzene rings is 1. The zero-order valence-corrected chi connectivity index (χ0v) is 18.8. The monoisotopic (exact) mass is 404 g/mol. The number of aliphatic imine (C=N–C) groups is 1. The maximum Gasteiger partial charge on any atom is 0.193 e. The average molecular weight is 405 g/mol. The first kappa shape index (κ1) is 23.5. The highest BCUT2D eigenvalue weighted by Crippen LogP contribution is 2.19. The van der Waals surface area contributed by atoms with E-state index >= 15 is 0 Å². The molecular weight excluding hydrogens is 364 g/mol. The van der Waals surface area contributed by atoms with Crippen molar-refractivity contribution in [2.24, 2.45) is 10.9 Å². The van der Waals surface area contributed by atoms with Crippen molar-refractivity contribution in [3.05, 3.63) is 29.8 Å². The summed E-state index contributed by atoms with van der Waals surface area (Å²) in [6.45, 7) is 11.7. The molecule has 164 valence electrons. The van der Waals surface area contributed by atoms with Crippen LogP contribution in [0.2, 0.25) is 0 Å². The summed E-state index contributed by atoms with van der Waals surface area (Å²) < 4.78 is 11.5. The van der Waals surface area contributed by atoms with Crippen molar-refractivity contribution in [1.82, 2.24) is 15.1 Å². The summed E-state index contributed by atoms with van der Waals surface area (Å²) in [4.78, 5) is 9.06. The largest absolute Gasteiger partial charge is 0.492 e. The first-order chi connectivity index (χ1) is 14.2. The fraction of sp³-hybridized carbons (Fsp3) is 0.696. The molecule has 0 bridgehead atoms. The summed E-state index contributed by atoms with van der Waals surface area (Å²) in [5.41, 5.74) is 1.16. The highest BCUT2D eigenvalue weighted by molar-refractivity contribution is 5.79. The van der Waals surface area contributed by atoms with E-state index in [9.17, 15) is 0 Å². The fourth-order valence-electron chi connectivity index (χ4n) is 3.69. The topological polar surface area (TPSA) is 49.3 Å². The molecule has 1 aromatic rings. The molecule has 0 radical (unpaired) electrons. The van der Waals surface area contributed by atoms with Gasteiger partial charge in [0.1, 0.15) is 12.4 Å². The number of likely N-dealkylation sites (N-methyl/N-ethyl adjacent to an activating group) is 1. The Morgan fingerprint density at radius 2 is 1.90 bits per heavy atom. The predicted molar refractivity (Wildman–Crippen MR) is 121 cm³/mol. The Kier molecular flexibility index (Phi) is 10.9. The van der Waals surface area contributed by atoms with Crippen LogP contribution in [0.25, 0.3) is 0 Å². The molecule has 0 aromatic heterocycles. The van der Waals surface area contributed by atoms with Gasteiger partial charge in [0.05, 0.1) is 0 Å². The van der Waals surface area contributed by atoms with Crippen molar-refractivity contribution in [2.45, 2.75) is 39.7 Å². The highest BCUT2D eigenvalue weighted by atomic mass is 16.5. The second kappa shape index (κ2) is 13.4. The van der Waals surface area contributed by atoms with Crippen LogP contribution in [0.15, 0.2) is 29.3 Å². The van der Waals surface area contributed by atoms with Crippen molar-refractivity contribution in [1.29, 1.82) is 0 Å². The molecular formula is C23H40N4O2. The number of hydrogen-bond acceptors (Lipinski definition) is 4. The summed E-state index contributed by atoms with van der Waals surface area (Å²) >= 11 is 0. The fourth-order valence-corrected chi connectivity index (χ4v) is 3.69. The summed E-state index contributed by atoms with van der Waals surface area (Å²) in [7, 11) is 3.96. The normalized spacial score (nSPS) is 15.6. The number of nitrogens with zero attached hydrogens (tertiary/aromatic N) is 3. The predicted octanol–water partition coefficient (Wildman–Crippen LogP) is 3.23. The zero-order valence-electron chi connectivity index (χ0n) is 18.8. The van der Waals surface area contributed by atoms with E-state index in [4.69, 9.17) is 9.47 Å². The van der Waals surface area contributed by atoms with Crippen LogP contribution in [0.3, 0.4) is 0 Å². The lowest BCUT2D eigenvalue weighted by Gasteiger charge is -2.27. The van der Waals surface area contributed by atoms with Gasteiger partial charge in [-0.05, 0) is 44.3 Å². The van der Waals surface area contributed by atoms with E-state index in [1.807, 2.05) is 13.1 Å². The molecule has 1 saturated heterocycles. The second-order valence-corrected chi connectivity index (χ2v) is 7.65. The lowest BCUT2D eigenvalue weighted by atomic mass is 9.96. The minimum absolute atomic E-state index is 0.704. The third-order valence-corrected chi connectivity index (χ3v) is 5.76. The van der Waals surface area contributed by atoms with E-state index in [1.54, 1.807) is 0 Å². The van der Waals surface area contributed by atoms with Crippen molar-refractivity contribution in [3.8, 4) is 5.75 Å². The third-order valence-electron chi connectivity index (χ3n) is 5.76. The number of hydrogen-bond donors (Lipinski definition) is 1. The molecule has 6 heteroatoms. The third kappa shape index (κ3) is 8.23. The molecule has 0 saturated carbocycles. The lowest BCUT2D eigenvalue weighted by molar-refractivity contribution is 0.0625. The minimum atomic E-state index is 0.704. The van der Waals surface area contributed by atoms with Gasteiger partial charge in [0.25, 0.3) is 0 Å². The Hall–Kier alpha value is -1.79. The molecule has 1 heterocycles. The number of ether oxygens (including phenoxy) is 2. The summed E-state index contributed by atoms with van der Waals surface area (Å²) in [6.07, 6.45) is 3.54. The molecule has 0 spiro atoms. The molecule has 1 N–H and O–H groups in total. The molecule has 0 amide bonds. The van der Waals surface area contributed by atoms with Gasteiger partial charge < -0.3 is 24.6 Å². The van der Waals surface area contributed by atoms with Gasteiger partial charge in [-0.15, -0.1) is 0 Å². The van der Waals surface area contributed by atoms with E-state index in [0.29, 0.717) is 13.2 Å². The first-order valence-electron chi connectivity index (χ1n) is 11.1. The van der Waals surface area contributed by atoms with Gasteiger partial charge in [-0.1, -0.05) is 32.0 Å². The number of rotatable bonds is 11. The second-order valence-electron chi connectivity index (χ2n) is 7.65. The Morgan fingerprint density at radius 1 is 1.17 bits per heavy atom. The minimum Gasteiger partial charge on any atom is -0.492 e. The van der Waals surface area contributed by atoms with E-state index in [-0.39, 0.29) is 0 Å². The van der Waals surface area contributed by atoms with E-state index in [2.05, 4.69) is 59.2 Å². The van der Waals surface area contributed by atoms with E-state index in [1.165, 1.54) is 19.3 Å². The van der Waals surface area contributed by atoms with Crippen LogP contribution in [0, 0.1) is 5.92 Å². The Morgan fingerprint density at radius 3 is 2.59 bits per heavy atom. The van der Waals surface area contributed by atoms with E-state index in [0.717, 1.165) is 62.6 Å². The average Bonchev–Trinajstić information content (AvgIpc) is 2.77. The molecule has 1 aliphatic rings. The maximum absolute atomic E-state index is 6.08. The summed E-state index contributed by atoms with van der Waals surface area (Å²) in [6, 6.07) is 8.27. The number of para-hydroxylation sites is 1. The molecule has 2 rings (SSSR count). The van der Waals surface area contributed by atoms with Crippen molar-refractivity contribution >= 4 is 5.96 Å². The van der Waals surface area contributed by atoms with Crippen LogP contribution < -0.4 is 10.1 Å². The molecule has 1 aliphatic heterocycles. The first-order valence-corrected chi connectivity index (χ1v) is 11.1. The SMILES string of the molecule is CCN(CC)CCOc1ccccc1CNC(=NC)N(C)CCC1CCOCC1. The van der Waals surface area contributed by atoms with Gasteiger partial charge >= 0.3 is 0 Å². The van der Waals surface area contributed by atoms with Gasteiger partial charge in [0.2, 0.25) is 0 Å². The van der Waals surface area contributed by atoms with Crippen molar-refractivity contribution < 1.29 is 9.47 Å². The number of guanidine groups is 1. The van der Waals surface area contributed by atoms with Crippen LogP contribution >= 0.6 is 0 Å². The van der Waals surface area contributed by atoms with Gasteiger partial charge in [-0.25, -0.2) is 0 Å². The van der Waals surface area contributed by atoms with Crippen LogP contribution in [0.1, 0.15) is 38.7 Å². The van der Waals surface area contributed by atoms with E-state index < -0.39 is 0 Å². The van der Waals surface area contributed by atoms with Crippen LogP contribution in [-0.4, -0.2) is 75.9 Å². The lowest BCUT2D eigenvalue weighted by Crippen LogP contribution is -2.39. The van der Waals surface area contributed by atoms with Crippen LogP contribution in [-0.2, 0) is 11.3 Å². The standard InChI is InChI=1S/C23H40N4O2/c1-5-27(6-2)15-18-29-22-10-8-7-9-21(22)19-25-23(24-3)26(4)14-11-20-12-16-28-17-13-20/h7-10,20H,5-6,11-19H2,1-4H3,(H,24,25). The van der Waals surface area contributed by atoms with Crippen LogP contribution in [0.5, 0.6) is 5.75 Å². The molecule has 0 unspecified atom stereocenters. The summed E-state index contributed by atoms with van der Waals surface area (Å²) in [5.74, 6) is 2.65. The Labute approximate surface area is 177 Å². The van der Waals surface area contributed by atoms with Gasteiger partial charge in [-0.2, -0.15) is 0 Å². The van der Waals surface area contributed by atoms with Gasteiger partial charge in [-0.3, -0.25) is 4.99 Å². The van der Waals surface area contributed by atoms with Crippen molar-refractivity contribution in [3.63, 3.8) is 0 Å². The molecule has 0 atom stereocenters. The Bertz CT molecular complexity index is 598. The zero-order chi connectivity index (χ0) is 20.9. The molecule has 1 fully saturated rings. The molecule has 0 aliphatic carbocycles. The van der Waals surface area contributed by atoms with Crippen molar-refractivity contribution in [2.75, 3.05) is 60.1 Å². The highest BCUT2D eigenvalue weighted by Gasteiger charge is 2.15. The van der Waals surface area contributed by atoms with Crippen LogP contribution in [0.4, 0.5) is 0 Å². The van der Waals surface area contributed by atoms with Gasteiger partial charge in [0.15, 0.2) is 5.96 Å². The molecule has 1 aromatic carbocycles. The smallest absolute Gasteiger partial charge is 0.193 e. The molecule has 29 heavy (non-hydrogen) atoms.